The number of likely N-dealkylation sites (N-methyl/N-ethyl adjacent to an activating group) is 1. The van der Waals surface area contributed by atoms with Crippen LogP contribution >= 0.6 is 0 Å². The SMILES string of the molecule is CN(CCCCCc1ccc2c(n1)CCCC2)[C@@H]1CCN([C@H](C(=O)O)c2ccccc2)C1. The van der Waals surface area contributed by atoms with Crippen molar-refractivity contribution in [1.82, 2.24) is 14.8 Å². The summed E-state index contributed by atoms with van der Waals surface area (Å²) in [5, 5.41) is 9.81. The third-order valence-electron chi connectivity index (χ3n) is 7.21. The summed E-state index contributed by atoms with van der Waals surface area (Å²) in [5.74, 6) is -0.754. The van der Waals surface area contributed by atoms with Crippen molar-refractivity contribution in [1.29, 1.82) is 0 Å². The molecule has 32 heavy (non-hydrogen) atoms. The van der Waals surface area contributed by atoms with Gasteiger partial charge in [-0.15, -0.1) is 0 Å². The Morgan fingerprint density at radius 2 is 1.94 bits per heavy atom. The number of benzene rings is 1. The van der Waals surface area contributed by atoms with E-state index in [4.69, 9.17) is 4.98 Å². The fraction of sp³-hybridized carbons (Fsp3) is 0.556. The first kappa shape index (κ1) is 22.9. The largest absolute Gasteiger partial charge is 0.480 e. The Bertz CT molecular complexity index is 886. The number of hydrogen-bond acceptors (Lipinski definition) is 4. The van der Waals surface area contributed by atoms with E-state index in [1.165, 1.54) is 55.5 Å². The van der Waals surface area contributed by atoms with Crippen molar-refractivity contribution in [2.24, 2.45) is 0 Å². The first-order valence-electron chi connectivity index (χ1n) is 12.3. The number of likely N-dealkylation sites (tertiary alicyclic amines) is 1. The summed E-state index contributed by atoms with van der Waals surface area (Å²) in [6.45, 7) is 2.73. The number of aryl methyl sites for hydroxylation is 3. The molecule has 1 aliphatic heterocycles. The summed E-state index contributed by atoms with van der Waals surface area (Å²) < 4.78 is 0. The highest BCUT2D eigenvalue weighted by atomic mass is 16.4. The number of aliphatic carboxylic acids is 1. The van der Waals surface area contributed by atoms with Gasteiger partial charge in [0, 0.05) is 30.5 Å². The fourth-order valence-corrected chi connectivity index (χ4v) is 5.30. The first-order chi connectivity index (χ1) is 15.6. The highest BCUT2D eigenvalue weighted by molar-refractivity contribution is 5.75. The van der Waals surface area contributed by atoms with Crippen LogP contribution in [0.4, 0.5) is 0 Å². The number of pyridine rings is 1. The van der Waals surface area contributed by atoms with E-state index in [-0.39, 0.29) is 0 Å². The summed E-state index contributed by atoms with van der Waals surface area (Å²) >= 11 is 0. The first-order valence-corrected chi connectivity index (χ1v) is 12.3. The lowest BCUT2D eigenvalue weighted by Crippen LogP contribution is -2.38. The monoisotopic (exact) mass is 435 g/mol. The van der Waals surface area contributed by atoms with Gasteiger partial charge in [0.15, 0.2) is 0 Å². The lowest BCUT2D eigenvalue weighted by Gasteiger charge is -2.27. The van der Waals surface area contributed by atoms with Crippen LogP contribution in [-0.2, 0) is 24.1 Å². The maximum Gasteiger partial charge on any atom is 0.325 e. The van der Waals surface area contributed by atoms with Crippen LogP contribution in [0.25, 0.3) is 0 Å². The number of carbonyl (C=O) groups is 1. The van der Waals surface area contributed by atoms with Crippen LogP contribution in [0, 0.1) is 0 Å². The molecule has 1 aromatic heterocycles. The van der Waals surface area contributed by atoms with Crippen LogP contribution in [0.2, 0.25) is 0 Å². The second kappa shape index (κ2) is 11.1. The molecule has 0 saturated carbocycles. The van der Waals surface area contributed by atoms with Crippen LogP contribution in [-0.4, -0.2) is 58.6 Å². The van der Waals surface area contributed by atoms with Crippen LogP contribution in [0.5, 0.6) is 0 Å². The molecule has 2 atom stereocenters. The van der Waals surface area contributed by atoms with Crippen molar-refractivity contribution >= 4 is 5.97 Å². The molecule has 0 spiro atoms. The molecule has 2 heterocycles. The predicted octanol–water partition coefficient (Wildman–Crippen LogP) is 4.51. The molecular formula is C27H37N3O2. The molecule has 1 fully saturated rings. The van der Waals surface area contributed by atoms with Crippen molar-refractivity contribution in [3.05, 3.63) is 65.0 Å². The molecule has 1 saturated heterocycles. The number of aromatic nitrogens is 1. The Kier molecular flexibility index (Phi) is 7.93. The highest BCUT2D eigenvalue weighted by Gasteiger charge is 2.34. The Balaban J connectivity index is 1.19. The Labute approximate surface area is 192 Å². The van der Waals surface area contributed by atoms with Gasteiger partial charge in [-0.3, -0.25) is 14.7 Å². The lowest BCUT2D eigenvalue weighted by molar-refractivity contribution is -0.143. The predicted molar refractivity (Wildman–Crippen MR) is 128 cm³/mol. The van der Waals surface area contributed by atoms with E-state index in [2.05, 4.69) is 29.0 Å². The second-order valence-corrected chi connectivity index (χ2v) is 9.50. The molecule has 0 unspecified atom stereocenters. The third kappa shape index (κ3) is 5.76. The fourth-order valence-electron chi connectivity index (χ4n) is 5.30. The van der Waals surface area contributed by atoms with Crippen LogP contribution in [0.15, 0.2) is 42.5 Å². The average Bonchev–Trinajstić information content (AvgIpc) is 3.29. The molecule has 0 radical (unpaired) electrons. The smallest absolute Gasteiger partial charge is 0.325 e. The van der Waals surface area contributed by atoms with Crippen molar-refractivity contribution in [3.63, 3.8) is 0 Å². The Hall–Kier alpha value is -2.24. The van der Waals surface area contributed by atoms with Gasteiger partial charge in [0.25, 0.3) is 0 Å². The van der Waals surface area contributed by atoms with Crippen molar-refractivity contribution < 1.29 is 9.90 Å². The minimum Gasteiger partial charge on any atom is -0.480 e. The normalized spacial score (nSPS) is 19.8. The van der Waals surface area contributed by atoms with Crippen LogP contribution < -0.4 is 0 Å². The van der Waals surface area contributed by atoms with Gasteiger partial charge in [-0.05, 0) is 82.2 Å². The van der Waals surface area contributed by atoms with Gasteiger partial charge in [0.1, 0.15) is 6.04 Å². The molecule has 172 valence electrons. The zero-order chi connectivity index (χ0) is 22.3. The van der Waals surface area contributed by atoms with Gasteiger partial charge in [-0.2, -0.15) is 0 Å². The van der Waals surface area contributed by atoms with Gasteiger partial charge >= 0.3 is 5.97 Å². The van der Waals surface area contributed by atoms with E-state index >= 15 is 0 Å². The third-order valence-corrected chi connectivity index (χ3v) is 7.21. The van der Waals surface area contributed by atoms with E-state index in [1.807, 2.05) is 30.3 Å². The number of fused-ring (bicyclic) bond motifs is 1. The molecule has 5 heteroatoms. The number of carboxylic acid groups (broad SMARTS) is 1. The molecular weight excluding hydrogens is 398 g/mol. The van der Waals surface area contributed by atoms with E-state index < -0.39 is 12.0 Å². The van der Waals surface area contributed by atoms with Crippen molar-refractivity contribution in [3.8, 4) is 0 Å². The molecule has 1 aromatic carbocycles. The number of hydrogen-bond donors (Lipinski definition) is 1. The van der Waals surface area contributed by atoms with Crippen LogP contribution in [0.3, 0.4) is 0 Å². The van der Waals surface area contributed by atoms with Crippen molar-refractivity contribution in [2.75, 3.05) is 26.7 Å². The van der Waals surface area contributed by atoms with Gasteiger partial charge in [-0.1, -0.05) is 42.8 Å². The topological polar surface area (TPSA) is 56.7 Å². The summed E-state index contributed by atoms with van der Waals surface area (Å²) in [4.78, 5) is 21.4. The standard InChI is InChI=1S/C27H37N3O2/c1-29(18-9-3-6-13-23-16-15-21-10-7-8-14-25(21)28-23)24-17-19-30(20-24)26(27(31)32)22-11-4-2-5-12-22/h2,4-5,11-12,15-16,24,26H,3,6-10,13-14,17-20H2,1H3,(H,31,32)/t24-,26+/m1/s1. The average molecular weight is 436 g/mol. The highest BCUT2D eigenvalue weighted by Crippen LogP contribution is 2.27. The summed E-state index contributed by atoms with van der Waals surface area (Å²) in [7, 11) is 2.19. The van der Waals surface area contributed by atoms with Gasteiger partial charge < -0.3 is 10.0 Å². The molecule has 2 aromatic rings. The molecule has 4 rings (SSSR count). The minimum absolute atomic E-state index is 0.433. The molecule has 5 nitrogen and oxygen atoms in total. The number of rotatable bonds is 10. The Morgan fingerprint density at radius 1 is 1.12 bits per heavy atom. The molecule has 0 amide bonds. The van der Waals surface area contributed by atoms with Crippen molar-refractivity contribution in [2.45, 2.75) is 69.9 Å². The molecule has 1 N–H and O–H groups in total. The lowest BCUT2D eigenvalue weighted by atomic mass is 9.95. The molecule has 2 aliphatic rings. The molecule has 1 aliphatic carbocycles. The van der Waals surface area contributed by atoms with Crippen LogP contribution in [0.1, 0.15) is 67.1 Å². The maximum atomic E-state index is 11.9. The van der Waals surface area contributed by atoms with Gasteiger partial charge in [0.2, 0.25) is 0 Å². The number of nitrogens with zero attached hydrogens (tertiary/aromatic N) is 3. The number of carboxylic acids is 1. The van der Waals surface area contributed by atoms with E-state index in [0.717, 1.165) is 44.5 Å². The maximum absolute atomic E-state index is 11.9. The Morgan fingerprint density at radius 3 is 2.75 bits per heavy atom. The van der Waals surface area contributed by atoms with E-state index in [1.54, 1.807) is 0 Å². The summed E-state index contributed by atoms with van der Waals surface area (Å²) in [6, 6.07) is 14.0. The van der Waals surface area contributed by atoms with E-state index in [9.17, 15) is 9.90 Å². The zero-order valence-corrected chi connectivity index (χ0v) is 19.4. The zero-order valence-electron chi connectivity index (χ0n) is 19.4. The number of unbranched alkanes of at least 4 members (excludes halogenated alkanes) is 2. The quantitative estimate of drug-likeness (QED) is 0.557. The molecule has 0 bridgehead atoms. The van der Waals surface area contributed by atoms with Gasteiger partial charge in [-0.25, -0.2) is 0 Å². The second-order valence-electron chi connectivity index (χ2n) is 9.50. The summed E-state index contributed by atoms with van der Waals surface area (Å²) in [5.41, 5.74) is 4.93. The minimum atomic E-state index is -0.754. The van der Waals surface area contributed by atoms with Gasteiger partial charge in [0.05, 0.1) is 0 Å². The summed E-state index contributed by atoms with van der Waals surface area (Å²) in [6.07, 6.45) is 10.6. The van der Waals surface area contributed by atoms with E-state index in [0.29, 0.717) is 6.04 Å².